The van der Waals surface area contributed by atoms with Crippen molar-refractivity contribution in [3.05, 3.63) is 29.0 Å². The number of nitrogens with zero attached hydrogens (tertiary/aromatic N) is 1. The van der Waals surface area contributed by atoms with Crippen LogP contribution < -0.4 is 5.32 Å². The average Bonchev–Trinajstić information content (AvgIpc) is 3.01. The first-order chi connectivity index (χ1) is 13.5. The van der Waals surface area contributed by atoms with E-state index in [2.05, 4.69) is 10.5 Å². The zero-order valence-corrected chi connectivity index (χ0v) is 17.1. The van der Waals surface area contributed by atoms with Crippen molar-refractivity contribution in [2.75, 3.05) is 6.54 Å². The summed E-state index contributed by atoms with van der Waals surface area (Å²) in [5, 5.41) is 16.5. The fourth-order valence-corrected chi connectivity index (χ4v) is 3.28. The summed E-state index contributed by atoms with van der Waals surface area (Å²) < 4.78 is 5.34. The Balaban J connectivity index is 1.55. The topological polar surface area (TPSA) is 92.4 Å². The minimum Gasteiger partial charge on any atom is -0.481 e. The molecule has 1 aromatic heterocycles. The van der Waals surface area contributed by atoms with E-state index in [-0.39, 0.29) is 18.7 Å². The van der Waals surface area contributed by atoms with Crippen molar-refractivity contribution in [1.29, 1.82) is 0 Å². The number of unbranched alkanes of at least 4 members (excludes halogenated alkanes) is 7. The number of fused-ring (bicyclic) bond motifs is 1. The van der Waals surface area contributed by atoms with Gasteiger partial charge < -0.3 is 14.9 Å². The normalized spacial score (nSPS) is 11.1. The van der Waals surface area contributed by atoms with E-state index in [0.717, 1.165) is 61.5 Å². The van der Waals surface area contributed by atoms with Crippen molar-refractivity contribution in [1.82, 2.24) is 10.5 Å². The number of carbonyl (C=O) groups excluding carboxylic acids is 1. The third-order valence-electron chi connectivity index (χ3n) is 5.13. The molecule has 0 aliphatic carbocycles. The van der Waals surface area contributed by atoms with Gasteiger partial charge in [-0.15, -0.1) is 0 Å². The summed E-state index contributed by atoms with van der Waals surface area (Å²) in [7, 11) is 0. The Hall–Kier alpha value is -2.37. The zero-order valence-electron chi connectivity index (χ0n) is 17.1. The highest BCUT2D eigenvalue weighted by Crippen LogP contribution is 2.23. The van der Waals surface area contributed by atoms with Gasteiger partial charge in [-0.25, -0.2) is 0 Å². The molecule has 0 atom stereocenters. The highest BCUT2D eigenvalue weighted by atomic mass is 16.5. The van der Waals surface area contributed by atoms with Gasteiger partial charge in [-0.3, -0.25) is 9.59 Å². The largest absolute Gasteiger partial charge is 0.481 e. The van der Waals surface area contributed by atoms with Crippen LogP contribution in [0.2, 0.25) is 0 Å². The number of carboxylic acids is 1. The van der Waals surface area contributed by atoms with Gasteiger partial charge in [-0.05, 0) is 49.9 Å². The minimum atomic E-state index is -0.705. The molecule has 2 N–H and O–H groups in total. The summed E-state index contributed by atoms with van der Waals surface area (Å²) in [5.41, 5.74) is 3.74. The van der Waals surface area contributed by atoms with E-state index in [1.54, 1.807) is 0 Å². The molecule has 6 heteroatoms. The van der Waals surface area contributed by atoms with Crippen LogP contribution >= 0.6 is 0 Å². The van der Waals surface area contributed by atoms with E-state index in [1.807, 2.05) is 26.0 Å². The first kappa shape index (κ1) is 21.9. The maximum atomic E-state index is 12.2. The first-order valence-corrected chi connectivity index (χ1v) is 10.3. The number of hydrogen-bond acceptors (Lipinski definition) is 4. The summed E-state index contributed by atoms with van der Waals surface area (Å²) in [4.78, 5) is 22.6. The third kappa shape index (κ3) is 7.33. The maximum absolute atomic E-state index is 12.2. The lowest BCUT2D eigenvalue weighted by atomic mass is 10.1. The number of aliphatic carboxylic acids is 1. The number of aromatic nitrogens is 1. The van der Waals surface area contributed by atoms with Gasteiger partial charge in [0.1, 0.15) is 5.69 Å². The first-order valence-electron chi connectivity index (χ1n) is 10.3. The molecule has 0 saturated carbocycles. The maximum Gasteiger partial charge on any atom is 0.303 e. The van der Waals surface area contributed by atoms with Crippen LogP contribution in [-0.2, 0) is 16.0 Å². The van der Waals surface area contributed by atoms with E-state index in [9.17, 15) is 9.59 Å². The molecule has 1 heterocycles. The monoisotopic (exact) mass is 388 g/mol. The molecular formula is C22H32N2O4. The Morgan fingerprint density at radius 3 is 2.25 bits per heavy atom. The quantitative estimate of drug-likeness (QED) is 0.485. The predicted octanol–water partition coefficient (Wildman–Crippen LogP) is 4.70. The van der Waals surface area contributed by atoms with Crippen LogP contribution in [-0.4, -0.2) is 28.7 Å². The fourth-order valence-electron chi connectivity index (χ4n) is 3.28. The smallest absolute Gasteiger partial charge is 0.303 e. The molecule has 6 nitrogen and oxygen atoms in total. The molecule has 154 valence electrons. The molecule has 0 spiro atoms. The molecule has 0 aliphatic heterocycles. The van der Waals surface area contributed by atoms with E-state index >= 15 is 0 Å². The zero-order chi connectivity index (χ0) is 20.4. The summed E-state index contributed by atoms with van der Waals surface area (Å²) in [6.45, 7) is 4.76. The van der Waals surface area contributed by atoms with Gasteiger partial charge in [0.25, 0.3) is 0 Å². The lowest BCUT2D eigenvalue weighted by Gasteiger charge is -2.05. The lowest BCUT2D eigenvalue weighted by Crippen LogP contribution is -2.26. The molecule has 2 aromatic rings. The third-order valence-corrected chi connectivity index (χ3v) is 5.13. The average molecular weight is 389 g/mol. The van der Waals surface area contributed by atoms with Gasteiger partial charge in [0.05, 0.1) is 6.42 Å². The second-order valence-corrected chi connectivity index (χ2v) is 7.56. The minimum absolute atomic E-state index is 0.0214. The van der Waals surface area contributed by atoms with E-state index < -0.39 is 5.97 Å². The van der Waals surface area contributed by atoms with Crippen molar-refractivity contribution in [2.24, 2.45) is 0 Å². The molecule has 0 fully saturated rings. The molecule has 1 amide bonds. The van der Waals surface area contributed by atoms with E-state index in [4.69, 9.17) is 9.63 Å². The number of amides is 1. The number of carbonyl (C=O) groups is 2. The molecular weight excluding hydrogens is 356 g/mol. The highest BCUT2D eigenvalue weighted by Gasteiger charge is 2.13. The molecule has 2 rings (SSSR count). The summed E-state index contributed by atoms with van der Waals surface area (Å²) in [6, 6.07) is 4.00. The molecule has 0 unspecified atom stereocenters. The highest BCUT2D eigenvalue weighted by molar-refractivity contribution is 5.87. The molecule has 0 radical (unpaired) electrons. The SMILES string of the molecule is Cc1cc2onc(CC(=O)NCCCCCCCCCCC(=O)O)c2cc1C. The van der Waals surface area contributed by atoms with Gasteiger partial charge >= 0.3 is 5.97 Å². The van der Waals surface area contributed by atoms with Crippen LogP contribution in [0.4, 0.5) is 0 Å². The van der Waals surface area contributed by atoms with Crippen LogP contribution in [0.1, 0.15) is 74.6 Å². The number of carboxylic acid groups (broad SMARTS) is 1. The molecule has 28 heavy (non-hydrogen) atoms. The molecule has 1 aromatic carbocycles. The Morgan fingerprint density at radius 2 is 1.57 bits per heavy atom. The summed E-state index contributed by atoms with van der Waals surface area (Å²) in [5.74, 6) is -0.726. The number of hydrogen-bond donors (Lipinski definition) is 2. The molecule has 0 saturated heterocycles. The van der Waals surface area contributed by atoms with E-state index in [1.165, 1.54) is 12.0 Å². The van der Waals surface area contributed by atoms with Crippen molar-refractivity contribution < 1.29 is 19.2 Å². The Morgan fingerprint density at radius 1 is 0.964 bits per heavy atom. The second-order valence-electron chi connectivity index (χ2n) is 7.56. The molecule has 0 aliphatic rings. The van der Waals surface area contributed by atoms with Crippen LogP contribution in [0.15, 0.2) is 16.7 Å². The van der Waals surface area contributed by atoms with Gasteiger partial charge in [0.2, 0.25) is 5.91 Å². The Labute approximate surface area is 166 Å². The van der Waals surface area contributed by atoms with Crippen molar-refractivity contribution in [2.45, 2.75) is 78.1 Å². The standard InChI is InChI=1S/C22H32N2O4/c1-16-13-18-19(24-28-20(18)14-17(16)2)15-21(25)23-12-10-8-6-4-3-5-7-9-11-22(26)27/h13-14H,3-12,15H2,1-2H3,(H,23,25)(H,26,27). The fraction of sp³-hybridized carbons (Fsp3) is 0.591. The van der Waals surface area contributed by atoms with Gasteiger partial charge in [0, 0.05) is 18.4 Å². The van der Waals surface area contributed by atoms with Crippen LogP contribution in [0.25, 0.3) is 11.0 Å². The van der Waals surface area contributed by atoms with Gasteiger partial charge in [-0.1, -0.05) is 43.7 Å². The van der Waals surface area contributed by atoms with E-state index in [0.29, 0.717) is 12.2 Å². The Bertz CT molecular complexity index is 782. The Kier molecular flexibility index (Phi) is 8.98. The van der Waals surface area contributed by atoms with Crippen molar-refractivity contribution in [3.63, 3.8) is 0 Å². The summed E-state index contributed by atoms with van der Waals surface area (Å²) in [6.07, 6.45) is 8.96. The van der Waals surface area contributed by atoms with Crippen LogP contribution in [0, 0.1) is 13.8 Å². The summed E-state index contributed by atoms with van der Waals surface area (Å²) >= 11 is 0. The number of rotatable bonds is 13. The lowest BCUT2D eigenvalue weighted by molar-refractivity contribution is -0.137. The number of aryl methyl sites for hydroxylation is 2. The van der Waals surface area contributed by atoms with Gasteiger partial charge in [-0.2, -0.15) is 0 Å². The van der Waals surface area contributed by atoms with Crippen molar-refractivity contribution in [3.8, 4) is 0 Å². The van der Waals surface area contributed by atoms with Crippen LogP contribution in [0.5, 0.6) is 0 Å². The molecule has 0 bridgehead atoms. The number of nitrogens with one attached hydrogen (secondary N) is 1. The van der Waals surface area contributed by atoms with Crippen LogP contribution in [0.3, 0.4) is 0 Å². The predicted molar refractivity (Wildman–Crippen MR) is 109 cm³/mol. The van der Waals surface area contributed by atoms with Crippen molar-refractivity contribution >= 4 is 22.8 Å². The second kappa shape index (κ2) is 11.5. The number of benzene rings is 1. The van der Waals surface area contributed by atoms with Gasteiger partial charge in [0.15, 0.2) is 5.58 Å².